The van der Waals surface area contributed by atoms with E-state index in [9.17, 15) is 18.0 Å². The Hall–Kier alpha value is -1.93. The van der Waals surface area contributed by atoms with Gasteiger partial charge in [-0.25, -0.2) is 13.2 Å². The second kappa shape index (κ2) is 9.32. The predicted molar refractivity (Wildman–Crippen MR) is 102 cm³/mol. The minimum absolute atomic E-state index is 0.156. The van der Waals surface area contributed by atoms with Gasteiger partial charge in [0.1, 0.15) is 0 Å². The summed E-state index contributed by atoms with van der Waals surface area (Å²) in [7, 11) is -3.55. The van der Waals surface area contributed by atoms with E-state index < -0.39 is 16.0 Å². The number of esters is 1. The molecule has 0 atom stereocenters. The fourth-order valence-electron chi connectivity index (χ4n) is 2.72. The summed E-state index contributed by atoms with van der Waals surface area (Å²) in [6, 6.07) is 5.63. The molecule has 0 aliphatic carbocycles. The Kier molecular flexibility index (Phi) is 7.38. The number of hydrogen-bond acceptors (Lipinski definition) is 5. The van der Waals surface area contributed by atoms with Crippen molar-refractivity contribution in [2.75, 3.05) is 26.2 Å². The summed E-state index contributed by atoms with van der Waals surface area (Å²) in [5, 5.41) is 2.66. The van der Waals surface area contributed by atoms with Gasteiger partial charge in [-0.1, -0.05) is 20.8 Å². The van der Waals surface area contributed by atoms with Crippen molar-refractivity contribution in [2.45, 2.75) is 38.5 Å². The van der Waals surface area contributed by atoms with Gasteiger partial charge in [-0.05, 0) is 48.9 Å². The Balaban J connectivity index is 1.94. The van der Waals surface area contributed by atoms with Crippen LogP contribution in [-0.2, 0) is 19.6 Å². The Labute approximate surface area is 161 Å². The molecule has 1 aliphatic rings. The van der Waals surface area contributed by atoms with Crippen LogP contribution in [0.2, 0.25) is 0 Å². The van der Waals surface area contributed by atoms with Crippen LogP contribution in [0.1, 0.15) is 44.0 Å². The Morgan fingerprint density at radius 2 is 1.78 bits per heavy atom. The minimum atomic E-state index is -3.55. The van der Waals surface area contributed by atoms with Crippen molar-refractivity contribution < 1.29 is 22.7 Å². The fourth-order valence-corrected chi connectivity index (χ4v) is 4.19. The Morgan fingerprint density at radius 1 is 1.19 bits per heavy atom. The number of sulfonamides is 1. The first-order valence-electron chi connectivity index (χ1n) is 9.24. The number of nitrogens with zero attached hydrogens (tertiary/aromatic N) is 1. The number of benzene rings is 1. The van der Waals surface area contributed by atoms with E-state index in [1.165, 1.54) is 28.6 Å². The number of piperidine rings is 1. The smallest absolute Gasteiger partial charge is 0.338 e. The van der Waals surface area contributed by atoms with Crippen molar-refractivity contribution in [1.29, 1.82) is 0 Å². The van der Waals surface area contributed by atoms with Crippen LogP contribution in [0.15, 0.2) is 29.2 Å². The van der Waals surface area contributed by atoms with Gasteiger partial charge in [0.2, 0.25) is 10.0 Å². The lowest BCUT2D eigenvalue weighted by atomic mass is 10.0. The molecule has 1 saturated heterocycles. The molecule has 2 rings (SSSR count). The van der Waals surface area contributed by atoms with Crippen LogP contribution in [0, 0.1) is 11.8 Å². The van der Waals surface area contributed by atoms with Crippen molar-refractivity contribution in [2.24, 2.45) is 11.8 Å². The van der Waals surface area contributed by atoms with Gasteiger partial charge < -0.3 is 10.1 Å². The minimum Gasteiger partial charge on any atom is -0.452 e. The fraction of sp³-hybridized carbons (Fsp3) is 0.579. The van der Waals surface area contributed by atoms with Crippen molar-refractivity contribution in [3.8, 4) is 0 Å². The molecule has 0 saturated carbocycles. The largest absolute Gasteiger partial charge is 0.452 e. The number of amides is 1. The molecule has 0 unspecified atom stereocenters. The van der Waals surface area contributed by atoms with E-state index in [1.54, 1.807) is 0 Å². The molecular formula is C19H28N2O5S. The van der Waals surface area contributed by atoms with E-state index in [0.29, 0.717) is 31.5 Å². The van der Waals surface area contributed by atoms with Gasteiger partial charge in [0, 0.05) is 19.6 Å². The van der Waals surface area contributed by atoms with Crippen LogP contribution in [-0.4, -0.2) is 50.8 Å². The van der Waals surface area contributed by atoms with Crippen LogP contribution in [0.25, 0.3) is 0 Å². The van der Waals surface area contributed by atoms with E-state index in [0.717, 1.165) is 12.8 Å². The first-order valence-corrected chi connectivity index (χ1v) is 10.7. The summed E-state index contributed by atoms with van der Waals surface area (Å²) in [4.78, 5) is 23.8. The summed E-state index contributed by atoms with van der Waals surface area (Å²) < 4.78 is 31.8. The monoisotopic (exact) mass is 396 g/mol. The SMILES string of the molecule is CC(C)CNC(=O)COC(=O)c1ccc(S(=O)(=O)N2CCC(C)CC2)cc1. The Bertz CT molecular complexity index is 751. The lowest BCUT2D eigenvalue weighted by Crippen LogP contribution is -2.37. The van der Waals surface area contributed by atoms with Crippen molar-refractivity contribution in [1.82, 2.24) is 9.62 Å². The second-order valence-electron chi connectivity index (χ2n) is 7.39. The van der Waals surface area contributed by atoms with E-state index in [1.807, 2.05) is 13.8 Å². The van der Waals surface area contributed by atoms with Crippen LogP contribution in [0.3, 0.4) is 0 Å². The maximum Gasteiger partial charge on any atom is 0.338 e. The zero-order chi connectivity index (χ0) is 20.0. The molecule has 1 amide bonds. The third-order valence-corrected chi connectivity index (χ3v) is 6.43. The number of carbonyl (C=O) groups is 2. The molecular weight excluding hydrogens is 368 g/mol. The van der Waals surface area contributed by atoms with Crippen molar-refractivity contribution in [3.05, 3.63) is 29.8 Å². The summed E-state index contributed by atoms with van der Waals surface area (Å²) in [6.45, 7) is 7.22. The Morgan fingerprint density at radius 3 is 2.33 bits per heavy atom. The van der Waals surface area contributed by atoms with Crippen LogP contribution < -0.4 is 5.32 Å². The van der Waals surface area contributed by atoms with E-state index >= 15 is 0 Å². The van der Waals surface area contributed by atoms with E-state index in [-0.39, 0.29) is 23.0 Å². The highest BCUT2D eigenvalue weighted by atomic mass is 32.2. The highest BCUT2D eigenvalue weighted by Gasteiger charge is 2.28. The average Bonchev–Trinajstić information content (AvgIpc) is 2.64. The van der Waals surface area contributed by atoms with E-state index in [2.05, 4.69) is 12.2 Å². The first kappa shape index (κ1) is 21.4. The number of ether oxygens (including phenoxy) is 1. The highest BCUT2D eigenvalue weighted by molar-refractivity contribution is 7.89. The van der Waals surface area contributed by atoms with Crippen LogP contribution in [0.5, 0.6) is 0 Å². The molecule has 1 N–H and O–H groups in total. The number of rotatable bonds is 7. The molecule has 7 nitrogen and oxygen atoms in total. The van der Waals surface area contributed by atoms with Gasteiger partial charge >= 0.3 is 5.97 Å². The van der Waals surface area contributed by atoms with Gasteiger partial charge in [0.05, 0.1) is 10.5 Å². The van der Waals surface area contributed by atoms with Crippen LogP contribution >= 0.6 is 0 Å². The molecule has 0 bridgehead atoms. The zero-order valence-corrected chi connectivity index (χ0v) is 16.9. The number of carbonyl (C=O) groups excluding carboxylic acids is 2. The molecule has 0 radical (unpaired) electrons. The molecule has 8 heteroatoms. The van der Waals surface area contributed by atoms with Crippen molar-refractivity contribution >= 4 is 21.9 Å². The first-order chi connectivity index (χ1) is 12.7. The van der Waals surface area contributed by atoms with Gasteiger partial charge in [0.15, 0.2) is 6.61 Å². The quantitative estimate of drug-likeness (QED) is 0.712. The molecule has 0 spiro atoms. The maximum atomic E-state index is 12.7. The normalized spacial score (nSPS) is 16.3. The summed E-state index contributed by atoms with van der Waals surface area (Å²) in [5.41, 5.74) is 0.206. The molecule has 1 aromatic rings. The van der Waals surface area contributed by atoms with Crippen molar-refractivity contribution in [3.63, 3.8) is 0 Å². The summed E-state index contributed by atoms with van der Waals surface area (Å²) >= 11 is 0. The standard InChI is InChI=1S/C19H28N2O5S/c1-14(2)12-20-18(22)13-26-19(23)16-4-6-17(7-5-16)27(24,25)21-10-8-15(3)9-11-21/h4-7,14-15H,8-13H2,1-3H3,(H,20,22). The number of nitrogens with one attached hydrogen (secondary N) is 1. The molecule has 27 heavy (non-hydrogen) atoms. The molecule has 150 valence electrons. The molecule has 1 heterocycles. The second-order valence-corrected chi connectivity index (χ2v) is 9.32. The van der Waals surface area contributed by atoms with Crippen LogP contribution in [0.4, 0.5) is 0 Å². The summed E-state index contributed by atoms with van der Waals surface area (Å²) in [5.74, 6) is -0.186. The lowest BCUT2D eigenvalue weighted by molar-refractivity contribution is -0.124. The highest BCUT2D eigenvalue weighted by Crippen LogP contribution is 2.23. The zero-order valence-electron chi connectivity index (χ0n) is 16.1. The molecule has 1 aliphatic heterocycles. The molecule has 1 aromatic carbocycles. The van der Waals surface area contributed by atoms with Gasteiger partial charge in [-0.2, -0.15) is 4.31 Å². The third kappa shape index (κ3) is 6.04. The van der Waals surface area contributed by atoms with Gasteiger partial charge in [0.25, 0.3) is 5.91 Å². The average molecular weight is 397 g/mol. The maximum absolute atomic E-state index is 12.7. The predicted octanol–water partition coefficient (Wildman–Crippen LogP) is 2.04. The number of hydrogen-bond donors (Lipinski definition) is 1. The third-order valence-electron chi connectivity index (χ3n) is 4.51. The lowest BCUT2D eigenvalue weighted by Gasteiger charge is -2.29. The summed E-state index contributed by atoms with van der Waals surface area (Å²) in [6.07, 6.45) is 1.70. The van der Waals surface area contributed by atoms with E-state index in [4.69, 9.17) is 4.74 Å². The topological polar surface area (TPSA) is 92.8 Å². The molecule has 0 aromatic heterocycles. The van der Waals surface area contributed by atoms with Gasteiger partial charge in [-0.3, -0.25) is 4.79 Å². The molecule has 1 fully saturated rings. The van der Waals surface area contributed by atoms with Gasteiger partial charge in [-0.15, -0.1) is 0 Å².